The average Bonchev–Trinajstić information content (AvgIpc) is 3.57. The number of methoxy groups -OCH3 is 2. The number of para-hydroxylation sites is 1. The lowest BCUT2D eigenvalue weighted by atomic mass is 10.1. The molecule has 2 aromatic heterocycles. The van der Waals surface area contributed by atoms with Gasteiger partial charge in [-0.2, -0.15) is 0 Å². The number of ether oxygens (including phenoxy) is 2. The number of aromatic nitrogens is 3. The molecule has 2 heterocycles. The maximum atomic E-state index is 14.1. The first-order valence-corrected chi connectivity index (χ1v) is 12.9. The van der Waals surface area contributed by atoms with Crippen molar-refractivity contribution in [1.82, 2.24) is 20.3 Å². The number of nitrogens with zero attached hydrogens (tertiary/aromatic N) is 4. The molecule has 0 aliphatic rings. The highest BCUT2D eigenvalue weighted by Crippen LogP contribution is 2.35. The van der Waals surface area contributed by atoms with E-state index in [1.54, 1.807) is 37.1 Å². The number of thiophene rings is 1. The maximum absolute atomic E-state index is 14.1. The predicted octanol–water partition coefficient (Wildman–Crippen LogP) is 4.45. The van der Waals surface area contributed by atoms with E-state index in [1.807, 2.05) is 41.8 Å². The normalized spacial score (nSPS) is 11.9. The minimum atomic E-state index is -0.897. The van der Waals surface area contributed by atoms with Gasteiger partial charge in [-0.05, 0) is 35.9 Å². The molecule has 37 heavy (non-hydrogen) atoms. The minimum Gasteiger partial charge on any atom is -0.497 e. The summed E-state index contributed by atoms with van der Waals surface area (Å²) >= 11 is 1.42. The van der Waals surface area contributed by atoms with E-state index in [4.69, 9.17) is 9.47 Å². The summed E-state index contributed by atoms with van der Waals surface area (Å²) in [5, 5.41) is 13.3. The van der Waals surface area contributed by atoms with Crippen molar-refractivity contribution in [2.45, 2.75) is 32.9 Å². The molecule has 0 fully saturated rings. The van der Waals surface area contributed by atoms with E-state index in [-0.39, 0.29) is 18.4 Å². The summed E-state index contributed by atoms with van der Waals surface area (Å²) in [6.07, 6.45) is 0.828. The molecular formula is C27H31N5O4S. The molecule has 0 aliphatic carbocycles. The van der Waals surface area contributed by atoms with Gasteiger partial charge < -0.3 is 14.8 Å². The van der Waals surface area contributed by atoms with Crippen LogP contribution in [0.4, 0.5) is 5.69 Å². The van der Waals surface area contributed by atoms with E-state index in [0.29, 0.717) is 35.2 Å². The Labute approximate surface area is 220 Å². The van der Waals surface area contributed by atoms with Crippen LogP contribution in [0.2, 0.25) is 0 Å². The molecule has 0 saturated carbocycles. The second-order valence-corrected chi connectivity index (χ2v) is 9.94. The first kappa shape index (κ1) is 26.2. The molecule has 0 unspecified atom stereocenters. The van der Waals surface area contributed by atoms with Gasteiger partial charge in [-0.1, -0.05) is 37.3 Å². The van der Waals surface area contributed by atoms with Crippen LogP contribution in [0, 0.1) is 5.92 Å². The van der Waals surface area contributed by atoms with Crippen LogP contribution in [0.3, 0.4) is 0 Å². The molecule has 4 aromatic rings. The van der Waals surface area contributed by atoms with Crippen LogP contribution in [0.15, 0.2) is 60.0 Å². The summed E-state index contributed by atoms with van der Waals surface area (Å²) in [5.41, 5.74) is 1.89. The van der Waals surface area contributed by atoms with Crippen LogP contribution in [0.5, 0.6) is 11.5 Å². The first-order chi connectivity index (χ1) is 17.9. The summed E-state index contributed by atoms with van der Waals surface area (Å²) in [6.45, 7) is 4.60. The quantitative estimate of drug-likeness (QED) is 0.313. The summed E-state index contributed by atoms with van der Waals surface area (Å²) in [4.78, 5) is 30.0. The Bertz CT molecular complexity index is 1330. The van der Waals surface area contributed by atoms with Crippen molar-refractivity contribution in [2.75, 3.05) is 25.7 Å². The number of nitrogens with one attached hydrogen (secondary N) is 1. The molecule has 2 amide bonds. The summed E-state index contributed by atoms with van der Waals surface area (Å²) in [7, 11) is 3.09. The molecule has 0 aliphatic heterocycles. The van der Waals surface area contributed by atoms with Gasteiger partial charge in [0.2, 0.25) is 11.8 Å². The van der Waals surface area contributed by atoms with Gasteiger partial charge in [0.1, 0.15) is 29.6 Å². The van der Waals surface area contributed by atoms with Crippen molar-refractivity contribution in [2.24, 2.45) is 5.92 Å². The van der Waals surface area contributed by atoms with Crippen LogP contribution in [0.25, 0.3) is 11.0 Å². The van der Waals surface area contributed by atoms with E-state index in [1.165, 1.54) is 16.2 Å². The van der Waals surface area contributed by atoms with Gasteiger partial charge in [-0.3, -0.25) is 14.5 Å². The van der Waals surface area contributed by atoms with Crippen LogP contribution < -0.4 is 19.7 Å². The fourth-order valence-corrected chi connectivity index (χ4v) is 4.82. The average molecular weight is 522 g/mol. The molecule has 1 atom stereocenters. The third kappa shape index (κ3) is 6.08. The van der Waals surface area contributed by atoms with Crippen LogP contribution in [-0.4, -0.2) is 47.6 Å². The minimum absolute atomic E-state index is 0.110. The third-order valence-electron chi connectivity index (χ3n) is 5.93. The van der Waals surface area contributed by atoms with Crippen molar-refractivity contribution in [3.8, 4) is 11.5 Å². The number of benzene rings is 2. The van der Waals surface area contributed by atoms with Gasteiger partial charge in [0.25, 0.3) is 0 Å². The molecule has 0 spiro atoms. The highest BCUT2D eigenvalue weighted by atomic mass is 32.1. The number of hydrogen-bond donors (Lipinski definition) is 1. The summed E-state index contributed by atoms with van der Waals surface area (Å²) < 4.78 is 12.5. The van der Waals surface area contributed by atoms with Crippen molar-refractivity contribution in [3.63, 3.8) is 0 Å². The molecule has 10 heteroatoms. The molecule has 0 saturated heterocycles. The van der Waals surface area contributed by atoms with Gasteiger partial charge >= 0.3 is 0 Å². The number of anilines is 1. The number of hydrogen-bond acceptors (Lipinski definition) is 7. The van der Waals surface area contributed by atoms with Crippen molar-refractivity contribution in [1.29, 1.82) is 0 Å². The Kier molecular flexibility index (Phi) is 8.39. The number of amides is 2. The van der Waals surface area contributed by atoms with Crippen molar-refractivity contribution >= 4 is 39.9 Å². The SMILES string of the molecule is COc1cc(OC)cc(N(C(=O)Cn2nnc3ccccc32)[C@H](C(=O)NCCC(C)C)c2cccs2)c1. The van der Waals surface area contributed by atoms with E-state index in [2.05, 4.69) is 29.5 Å². The smallest absolute Gasteiger partial charge is 0.249 e. The standard InChI is InChI=1S/C27H31N5O4S/c1-18(2)11-12-28-27(34)26(24-10-7-13-37-24)32(19-14-20(35-3)16-21(15-19)36-4)25(33)17-31-23-9-6-5-8-22(23)29-30-31/h5-10,13-16,18,26H,11-12,17H2,1-4H3,(H,28,34)/t26-/m0/s1. The van der Waals surface area contributed by atoms with Gasteiger partial charge in [-0.15, -0.1) is 16.4 Å². The summed E-state index contributed by atoms with van der Waals surface area (Å²) in [5.74, 6) is 0.846. The predicted molar refractivity (Wildman–Crippen MR) is 144 cm³/mol. The monoisotopic (exact) mass is 521 g/mol. The van der Waals surface area contributed by atoms with E-state index >= 15 is 0 Å². The molecule has 1 N–H and O–H groups in total. The van der Waals surface area contributed by atoms with Crippen LogP contribution in [-0.2, 0) is 16.1 Å². The van der Waals surface area contributed by atoms with Gasteiger partial charge in [0.05, 0.1) is 25.4 Å². The molecule has 0 bridgehead atoms. The molecule has 2 aromatic carbocycles. The first-order valence-electron chi connectivity index (χ1n) is 12.1. The zero-order valence-corrected chi connectivity index (χ0v) is 22.2. The van der Waals surface area contributed by atoms with Gasteiger partial charge in [0.15, 0.2) is 0 Å². The Balaban J connectivity index is 1.78. The largest absolute Gasteiger partial charge is 0.497 e. The van der Waals surface area contributed by atoms with Crippen molar-refractivity contribution < 1.29 is 19.1 Å². The Hall–Kier alpha value is -3.92. The second-order valence-electron chi connectivity index (χ2n) is 8.96. The highest BCUT2D eigenvalue weighted by Gasteiger charge is 2.34. The second kappa shape index (κ2) is 11.9. The number of carbonyl (C=O) groups is 2. The lowest BCUT2D eigenvalue weighted by molar-refractivity contribution is -0.126. The van der Waals surface area contributed by atoms with E-state index in [9.17, 15) is 9.59 Å². The highest BCUT2D eigenvalue weighted by molar-refractivity contribution is 7.10. The molecule has 0 radical (unpaired) electrons. The lowest BCUT2D eigenvalue weighted by Crippen LogP contribution is -2.45. The lowest BCUT2D eigenvalue weighted by Gasteiger charge is -2.31. The zero-order valence-electron chi connectivity index (χ0n) is 21.4. The molecule has 194 valence electrons. The molecular weight excluding hydrogens is 490 g/mol. The van der Waals surface area contributed by atoms with E-state index < -0.39 is 6.04 Å². The maximum Gasteiger partial charge on any atom is 0.249 e. The van der Waals surface area contributed by atoms with Crippen LogP contribution >= 0.6 is 11.3 Å². The summed E-state index contributed by atoms with van der Waals surface area (Å²) in [6, 6.07) is 15.4. The number of rotatable bonds is 11. The van der Waals surface area contributed by atoms with Crippen LogP contribution in [0.1, 0.15) is 31.2 Å². The Morgan fingerprint density at radius 1 is 1.05 bits per heavy atom. The third-order valence-corrected chi connectivity index (χ3v) is 6.85. The number of carbonyl (C=O) groups excluding carboxylic acids is 2. The fourth-order valence-electron chi connectivity index (χ4n) is 4.01. The van der Waals surface area contributed by atoms with Gasteiger partial charge in [-0.25, -0.2) is 4.68 Å². The molecule has 4 rings (SSSR count). The Morgan fingerprint density at radius 3 is 2.43 bits per heavy atom. The Morgan fingerprint density at radius 2 is 1.78 bits per heavy atom. The topological polar surface area (TPSA) is 98.6 Å². The fraction of sp³-hybridized carbons (Fsp3) is 0.333. The number of fused-ring (bicyclic) bond motifs is 1. The van der Waals surface area contributed by atoms with Gasteiger partial charge in [0, 0.05) is 29.6 Å². The van der Waals surface area contributed by atoms with E-state index in [0.717, 1.165) is 16.8 Å². The zero-order chi connectivity index (χ0) is 26.4. The molecule has 9 nitrogen and oxygen atoms in total. The van der Waals surface area contributed by atoms with Crippen molar-refractivity contribution in [3.05, 3.63) is 64.9 Å².